The van der Waals surface area contributed by atoms with Gasteiger partial charge in [0.2, 0.25) is 5.91 Å². The molecule has 1 unspecified atom stereocenters. The molecule has 0 radical (unpaired) electrons. The van der Waals surface area contributed by atoms with Gasteiger partial charge in [0, 0.05) is 23.4 Å². The lowest BCUT2D eigenvalue weighted by Crippen LogP contribution is -2.28. The topological polar surface area (TPSA) is 72.7 Å². The van der Waals surface area contributed by atoms with Crippen molar-refractivity contribution in [2.75, 3.05) is 5.75 Å². The van der Waals surface area contributed by atoms with Crippen LogP contribution in [-0.4, -0.2) is 27.4 Å². The number of aromatic nitrogens is 2. The quantitative estimate of drug-likeness (QED) is 0.602. The van der Waals surface area contributed by atoms with Crippen LogP contribution >= 0.6 is 23.1 Å². The summed E-state index contributed by atoms with van der Waals surface area (Å²) in [4.78, 5) is 29.0. The van der Waals surface area contributed by atoms with E-state index in [2.05, 4.69) is 15.0 Å². The molecule has 0 bridgehead atoms. The van der Waals surface area contributed by atoms with Crippen LogP contribution in [0.1, 0.15) is 24.2 Å². The fourth-order valence-corrected chi connectivity index (χ4v) is 4.00. The van der Waals surface area contributed by atoms with Crippen LogP contribution in [-0.2, 0) is 10.5 Å². The van der Waals surface area contributed by atoms with Gasteiger partial charge in [0.05, 0.1) is 17.5 Å². The Balaban J connectivity index is 1.49. The molecule has 1 amide bonds. The van der Waals surface area contributed by atoms with Crippen molar-refractivity contribution in [2.24, 2.45) is 0 Å². The molecule has 154 valence electrons. The van der Waals surface area contributed by atoms with E-state index in [0.29, 0.717) is 22.0 Å². The van der Waals surface area contributed by atoms with Gasteiger partial charge in [-0.1, -0.05) is 12.1 Å². The Morgan fingerprint density at radius 3 is 2.76 bits per heavy atom. The second-order valence-electron chi connectivity index (χ2n) is 6.04. The summed E-state index contributed by atoms with van der Waals surface area (Å²) in [5, 5.41) is 4.56. The van der Waals surface area contributed by atoms with Gasteiger partial charge < -0.3 is 10.1 Å². The number of thioether (sulfide) groups is 1. The third-order valence-corrected chi connectivity index (χ3v) is 5.55. The van der Waals surface area contributed by atoms with Gasteiger partial charge in [0.1, 0.15) is 5.75 Å². The molecular formula is C18H16F3N3O3S2. The average Bonchev–Trinajstić information content (AvgIpc) is 3.10. The number of nitrogens with one attached hydrogen (secondary N) is 1. The summed E-state index contributed by atoms with van der Waals surface area (Å²) in [6.07, 6.45) is -3.09. The maximum atomic E-state index is 12.2. The lowest BCUT2D eigenvalue weighted by atomic mass is 10.1. The minimum absolute atomic E-state index is 0.158. The van der Waals surface area contributed by atoms with Crippen molar-refractivity contribution in [3.63, 3.8) is 0 Å². The first kappa shape index (κ1) is 21.2. The molecular weight excluding hydrogens is 427 g/mol. The normalized spacial score (nSPS) is 12.7. The van der Waals surface area contributed by atoms with Crippen LogP contribution in [0.5, 0.6) is 5.75 Å². The number of ether oxygens (including phenoxy) is 1. The minimum Gasteiger partial charge on any atom is -0.406 e. The smallest absolute Gasteiger partial charge is 0.406 e. The predicted molar refractivity (Wildman–Crippen MR) is 105 cm³/mol. The number of hydrogen-bond donors (Lipinski definition) is 1. The lowest BCUT2D eigenvalue weighted by Gasteiger charge is -2.15. The molecule has 29 heavy (non-hydrogen) atoms. The number of amides is 1. The molecule has 2 aromatic heterocycles. The van der Waals surface area contributed by atoms with Gasteiger partial charge in [-0.05, 0) is 24.6 Å². The Labute approximate surface area is 171 Å². The van der Waals surface area contributed by atoms with E-state index in [-0.39, 0.29) is 29.0 Å². The van der Waals surface area contributed by atoms with Gasteiger partial charge >= 0.3 is 6.36 Å². The molecule has 0 spiro atoms. The zero-order valence-electron chi connectivity index (χ0n) is 15.1. The van der Waals surface area contributed by atoms with Crippen molar-refractivity contribution in [2.45, 2.75) is 25.1 Å². The van der Waals surface area contributed by atoms with Crippen LogP contribution in [0.15, 0.2) is 46.7 Å². The molecule has 3 aromatic rings. The van der Waals surface area contributed by atoms with E-state index in [1.807, 2.05) is 0 Å². The highest BCUT2D eigenvalue weighted by atomic mass is 32.2. The van der Waals surface area contributed by atoms with Gasteiger partial charge in [-0.2, -0.15) is 0 Å². The third kappa shape index (κ3) is 5.97. The molecule has 1 aromatic carbocycles. The standard InChI is InChI=1S/C18H16F3N3O3S2/c1-11(12-2-4-14(5-3-12)27-18(19,20)21)22-15(25)10-28-9-13-8-16(26)24-6-7-29-17(24)23-13/h2-8,11H,9-10H2,1H3,(H,22,25). The summed E-state index contributed by atoms with van der Waals surface area (Å²) in [6, 6.07) is 6.39. The molecule has 1 N–H and O–H groups in total. The zero-order chi connectivity index (χ0) is 21.0. The highest BCUT2D eigenvalue weighted by Gasteiger charge is 2.31. The number of alkyl halides is 3. The number of halogens is 3. The third-order valence-electron chi connectivity index (χ3n) is 3.83. The molecule has 0 aliphatic heterocycles. The van der Waals surface area contributed by atoms with Crippen LogP contribution in [0, 0.1) is 0 Å². The van der Waals surface area contributed by atoms with Gasteiger partial charge in [0.15, 0.2) is 4.96 Å². The monoisotopic (exact) mass is 443 g/mol. The maximum absolute atomic E-state index is 12.2. The van der Waals surface area contributed by atoms with Crippen LogP contribution in [0.25, 0.3) is 4.96 Å². The molecule has 2 heterocycles. The first-order chi connectivity index (χ1) is 13.7. The molecule has 0 saturated carbocycles. The van der Waals surface area contributed by atoms with E-state index in [1.165, 1.54) is 57.8 Å². The number of benzene rings is 1. The van der Waals surface area contributed by atoms with Gasteiger partial charge in [-0.25, -0.2) is 4.98 Å². The molecule has 1 atom stereocenters. The zero-order valence-corrected chi connectivity index (χ0v) is 16.7. The summed E-state index contributed by atoms with van der Waals surface area (Å²) in [5.41, 5.74) is 1.09. The number of carbonyl (C=O) groups is 1. The number of carbonyl (C=O) groups excluding carboxylic acids is 1. The Kier molecular flexibility index (Phi) is 6.48. The van der Waals surface area contributed by atoms with Crippen LogP contribution in [0.4, 0.5) is 13.2 Å². The Morgan fingerprint density at radius 1 is 1.34 bits per heavy atom. The van der Waals surface area contributed by atoms with E-state index >= 15 is 0 Å². The largest absolute Gasteiger partial charge is 0.573 e. The number of thiazole rings is 1. The lowest BCUT2D eigenvalue weighted by molar-refractivity contribution is -0.274. The summed E-state index contributed by atoms with van der Waals surface area (Å²) in [7, 11) is 0. The first-order valence-electron chi connectivity index (χ1n) is 8.40. The summed E-state index contributed by atoms with van der Waals surface area (Å²) >= 11 is 2.67. The number of fused-ring (bicyclic) bond motifs is 1. The van der Waals surface area contributed by atoms with Crippen molar-refractivity contribution in [3.8, 4) is 5.75 Å². The van der Waals surface area contributed by atoms with E-state index in [0.717, 1.165) is 0 Å². The predicted octanol–water partition coefficient (Wildman–Crippen LogP) is 3.77. The van der Waals surface area contributed by atoms with Crippen LogP contribution in [0.2, 0.25) is 0 Å². The molecule has 6 nitrogen and oxygen atoms in total. The number of rotatable bonds is 7. The fraction of sp³-hybridized carbons (Fsp3) is 0.278. The Morgan fingerprint density at radius 2 is 2.07 bits per heavy atom. The minimum atomic E-state index is -4.74. The summed E-state index contributed by atoms with van der Waals surface area (Å²) < 4.78 is 41.9. The van der Waals surface area contributed by atoms with Crippen molar-refractivity contribution < 1.29 is 22.7 Å². The summed E-state index contributed by atoms with van der Waals surface area (Å²) in [5.74, 6) is 0.0218. The van der Waals surface area contributed by atoms with E-state index in [9.17, 15) is 22.8 Å². The van der Waals surface area contributed by atoms with Gasteiger partial charge in [-0.3, -0.25) is 14.0 Å². The van der Waals surface area contributed by atoms with E-state index < -0.39 is 6.36 Å². The van der Waals surface area contributed by atoms with Crippen LogP contribution < -0.4 is 15.6 Å². The van der Waals surface area contributed by atoms with E-state index in [4.69, 9.17) is 0 Å². The second kappa shape index (κ2) is 8.87. The SMILES string of the molecule is CC(NC(=O)CSCc1cc(=O)n2ccsc2n1)c1ccc(OC(F)(F)F)cc1. The average molecular weight is 443 g/mol. The Hall–Kier alpha value is -2.53. The number of nitrogens with zero attached hydrogens (tertiary/aromatic N) is 2. The highest BCUT2D eigenvalue weighted by molar-refractivity contribution is 7.99. The van der Waals surface area contributed by atoms with Gasteiger partial charge in [0.25, 0.3) is 5.56 Å². The molecule has 3 rings (SSSR count). The molecule has 0 aliphatic rings. The summed E-state index contributed by atoms with van der Waals surface area (Å²) in [6.45, 7) is 1.73. The van der Waals surface area contributed by atoms with Crippen molar-refractivity contribution in [1.82, 2.24) is 14.7 Å². The maximum Gasteiger partial charge on any atom is 0.573 e. The van der Waals surface area contributed by atoms with Gasteiger partial charge in [-0.15, -0.1) is 36.3 Å². The molecule has 0 aliphatic carbocycles. The van der Waals surface area contributed by atoms with Crippen LogP contribution in [0.3, 0.4) is 0 Å². The Bertz CT molecular complexity index is 1050. The molecule has 0 saturated heterocycles. The van der Waals surface area contributed by atoms with E-state index in [1.54, 1.807) is 18.5 Å². The first-order valence-corrected chi connectivity index (χ1v) is 10.4. The molecule has 11 heteroatoms. The highest BCUT2D eigenvalue weighted by Crippen LogP contribution is 2.24. The number of hydrogen-bond acceptors (Lipinski definition) is 6. The molecule has 0 fully saturated rings. The van der Waals surface area contributed by atoms with Crippen molar-refractivity contribution >= 4 is 34.0 Å². The fourth-order valence-electron chi connectivity index (χ4n) is 2.53. The van der Waals surface area contributed by atoms with Crippen molar-refractivity contribution in [3.05, 3.63) is 63.5 Å². The second-order valence-corrected chi connectivity index (χ2v) is 7.90. The van der Waals surface area contributed by atoms with Crippen molar-refractivity contribution in [1.29, 1.82) is 0 Å².